The van der Waals surface area contributed by atoms with Crippen molar-refractivity contribution in [3.63, 3.8) is 0 Å². The van der Waals surface area contributed by atoms with Gasteiger partial charge in [-0.3, -0.25) is 0 Å². The van der Waals surface area contributed by atoms with Crippen LogP contribution in [0, 0.1) is 0 Å². The normalized spacial score (nSPS) is 19.1. The Morgan fingerprint density at radius 3 is 1.85 bits per heavy atom. The lowest BCUT2D eigenvalue weighted by atomic mass is 9.92. The summed E-state index contributed by atoms with van der Waals surface area (Å²) in [7, 11) is 0. The molecule has 0 aromatic heterocycles. The molecule has 5 aromatic carbocycles. The molecule has 33 heavy (non-hydrogen) atoms. The number of rotatable bonds is 2. The van der Waals surface area contributed by atoms with Crippen LogP contribution in [0.1, 0.15) is 5.56 Å². The molecule has 2 aliphatic rings. The molecule has 7 rings (SSSR count). The highest BCUT2D eigenvalue weighted by atomic mass is 16.5. The van der Waals surface area contributed by atoms with Crippen molar-refractivity contribution >= 4 is 38.2 Å². The van der Waals surface area contributed by atoms with E-state index in [2.05, 4.69) is 103 Å². The Labute approximate surface area is 192 Å². The summed E-state index contributed by atoms with van der Waals surface area (Å²) in [6, 6.07) is 32.8. The molecule has 1 aliphatic carbocycles. The number of allylic oxidation sites excluding steroid dienone is 2. The maximum Gasteiger partial charge on any atom is 0.217 e. The molecular weight excluding hydrogens is 402 g/mol. The minimum atomic E-state index is 0.00831. The lowest BCUT2D eigenvalue weighted by Crippen LogP contribution is -2.19. The molecule has 0 bridgehead atoms. The fraction of sp³-hybridized carbons (Fsp3) is 0.0645. The zero-order valence-corrected chi connectivity index (χ0v) is 18.0. The fourth-order valence-corrected chi connectivity index (χ4v) is 5.16. The van der Waals surface area contributed by atoms with Gasteiger partial charge in [-0.2, -0.15) is 0 Å². The summed E-state index contributed by atoms with van der Waals surface area (Å²) in [6.07, 6.45) is 8.24. The summed E-state index contributed by atoms with van der Waals surface area (Å²) >= 11 is 0. The molecule has 2 heteroatoms. The molecule has 0 radical (unpaired) electrons. The lowest BCUT2D eigenvalue weighted by molar-refractivity contribution is 0.255. The van der Waals surface area contributed by atoms with Crippen LogP contribution in [0.3, 0.4) is 0 Å². The molecule has 0 N–H and O–H groups in total. The Kier molecular flexibility index (Phi) is 4.00. The van der Waals surface area contributed by atoms with Crippen molar-refractivity contribution in [3.05, 3.63) is 121 Å². The van der Waals surface area contributed by atoms with E-state index in [1.165, 1.54) is 43.4 Å². The van der Waals surface area contributed by atoms with Crippen LogP contribution in [0.2, 0.25) is 0 Å². The Hall–Kier alpha value is -4.17. The van der Waals surface area contributed by atoms with Crippen molar-refractivity contribution in [2.45, 2.75) is 12.1 Å². The van der Waals surface area contributed by atoms with Crippen LogP contribution in [0.25, 0.3) is 43.4 Å². The summed E-state index contributed by atoms with van der Waals surface area (Å²) in [5, 5.41) is 7.75. The standard InChI is InChI=1S/C31H21NO/c1-2-12-25-23(10-1)24-11-3-4-13-26(24)28-19-21(16-17-27(25)28)20-8-7-9-22(18-20)31-32-29-14-5-6-15-30(29)33-31/h1-19,29-30H. The van der Waals surface area contributed by atoms with Crippen LogP contribution in [-0.4, -0.2) is 18.0 Å². The second-order valence-corrected chi connectivity index (χ2v) is 8.71. The van der Waals surface area contributed by atoms with E-state index in [9.17, 15) is 0 Å². The van der Waals surface area contributed by atoms with E-state index in [4.69, 9.17) is 9.73 Å². The molecule has 0 saturated carbocycles. The van der Waals surface area contributed by atoms with Crippen LogP contribution in [0.5, 0.6) is 0 Å². The first-order chi connectivity index (χ1) is 16.3. The summed E-state index contributed by atoms with van der Waals surface area (Å²) in [4.78, 5) is 4.80. The highest BCUT2D eigenvalue weighted by Crippen LogP contribution is 2.37. The third kappa shape index (κ3) is 2.91. The molecule has 0 fully saturated rings. The van der Waals surface area contributed by atoms with Crippen LogP contribution in [0.4, 0.5) is 0 Å². The quantitative estimate of drug-likeness (QED) is 0.270. The van der Waals surface area contributed by atoms with Crippen LogP contribution < -0.4 is 0 Å². The third-order valence-corrected chi connectivity index (χ3v) is 6.76. The molecule has 1 aliphatic heterocycles. The van der Waals surface area contributed by atoms with Gasteiger partial charge in [-0.25, -0.2) is 4.99 Å². The van der Waals surface area contributed by atoms with Gasteiger partial charge in [0.05, 0.1) is 0 Å². The van der Waals surface area contributed by atoms with Crippen LogP contribution >= 0.6 is 0 Å². The number of benzene rings is 5. The number of fused-ring (bicyclic) bond motifs is 7. The highest BCUT2D eigenvalue weighted by molar-refractivity contribution is 6.25. The molecule has 5 aromatic rings. The third-order valence-electron chi connectivity index (χ3n) is 6.76. The SMILES string of the molecule is C1=CC2N=C(c3cccc(-c4ccc5c6ccccc6c6ccccc6c5c4)c3)OC2C=C1. The lowest BCUT2D eigenvalue weighted by Gasteiger charge is -2.13. The smallest absolute Gasteiger partial charge is 0.217 e. The molecule has 0 amide bonds. The first-order valence-electron chi connectivity index (χ1n) is 11.4. The molecule has 2 atom stereocenters. The van der Waals surface area contributed by atoms with E-state index in [1.807, 2.05) is 12.2 Å². The number of hydrogen-bond acceptors (Lipinski definition) is 2. The predicted molar refractivity (Wildman–Crippen MR) is 138 cm³/mol. The maximum atomic E-state index is 6.13. The van der Waals surface area contributed by atoms with E-state index in [-0.39, 0.29) is 12.1 Å². The predicted octanol–water partition coefficient (Wildman–Crippen LogP) is 7.45. The molecule has 2 nitrogen and oxygen atoms in total. The zero-order chi connectivity index (χ0) is 21.8. The molecular formula is C31H21NO. The number of hydrogen-bond donors (Lipinski definition) is 0. The van der Waals surface area contributed by atoms with Crippen molar-refractivity contribution in [1.29, 1.82) is 0 Å². The van der Waals surface area contributed by atoms with Gasteiger partial charge in [-0.05, 0) is 67.7 Å². The first-order valence-corrected chi connectivity index (χ1v) is 11.4. The van der Waals surface area contributed by atoms with Gasteiger partial charge in [-0.1, -0.05) is 91.0 Å². The maximum absolute atomic E-state index is 6.13. The Bertz CT molecular complexity index is 1620. The van der Waals surface area contributed by atoms with Crippen molar-refractivity contribution < 1.29 is 4.74 Å². The minimum Gasteiger partial charge on any atom is -0.467 e. The minimum absolute atomic E-state index is 0.00831. The second-order valence-electron chi connectivity index (χ2n) is 8.71. The Balaban J connectivity index is 1.39. The van der Waals surface area contributed by atoms with Crippen LogP contribution in [0.15, 0.2) is 120 Å². The van der Waals surface area contributed by atoms with E-state index in [0.717, 1.165) is 11.5 Å². The number of nitrogens with zero attached hydrogens (tertiary/aromatic N) is 1. The number of ether oxygens (including phenoxy) is 1. The van der Waals surface area contributed by atoms with Gasteiger partial charge in [0.15, 0.2) is 0 Å². The summed E-state index contributed by atoms with van der Waals surface area (Å²) in [5.74, 6) is 0.722. The van der Waals surface area contributed by atoms with Gasteiger partial charge >= 0.3 is 0 Å². The molecule has 1 heterocycles. The van der Waals surface area contributed by atoms with Gasteiger partial charge < -0.3 is 4.74 Å². The first kappa shape index (κ1) is 18.4. The van der Waals surface area contributed by atoms with E-state index in [0.29, 0.717) is 0 Å². The van der Waals surface area contributed by atoms with Gasteiger partial charge in [-0.15, -0.1) is 0 Å². The Morgan fingerprint density at radius 1 is 0.515 bits per heavy atom. The van der Waals surface area contributed by atoms with E-state index in [1.54, 1.807) is 0 Å². The Morgan fingerprint density at radius 2 is 1.12 bits per heavy atom. The van der Waals surface area contributed by atoms with Gasteiger partial charge in [0.25, 0.3) is 0 Å². The topological polar surface area (TPSA) is 21.6 Å². The number of aliphatic imine (C=N–C) groups is 1. The van der Waals surface area contributed by atoms with Crippen molar-refractivity contribution in [2.24, 2.45) is 4.99 Å². The van der Waals surface area contributed by atoms with Gasteiger partial charge in [0.2, 0.25) is 5.90 Å². The molecule has 0 saturated heterocycles. The van der Waals surface area contributed by atoms with Crippen LogP contribution in [-0.2, 0) is 4.74 Å². The molecule has 2 unspecified atom stereocenters. The molecule has 0 spiro atoms. The summed E-state index contributed by atoms with van der Waals surface area (Å²) in [5.41, 5.74) is 3.38. The van der Waals surface area contributed by atoms with E-state index < -0.39 is 0 Å². The van der Waals surface area contributed by atoms with Crippen molar-refractivity contribution in [2.75, 3.05) is 0 Å². The van der Waals surface area contributed by atoms with Crippen molar-refractivity contribution in [1.82, 2.24) is 0 Å². The average molecular weight is 424 g/mol. The molecule has 156 valence electrons. The van der Waals surface area contributed by atoms with Gasteiger partial charge in [0.1, 0.15) is 12.1 Å². The summed E-state index contributed by atoms with van der Waals surface area (Å²) < 4.78 is 6.13. The average Bonchev–Trinajstić information content (AvgIpc) is 3.33. The van der Waals surface area contributed by atoms with Crippen molar-refractivity contribution in [3.8, 4) is 11.1 Å². The summed E-state index contributed by atoms with van der Waals surface area (Å²) in [6.45, 7) is 0. The monoisotopic (exact) mass is 423 g/mol. The van der Waals surface area contributed by atoms with Gasteiger partial charge in [0, 0.05) is 5.56 Å². The highest BCUT2D eigenvalue weighted by Gasteiger charge is 2.28. The second kappa shape index (κ2) is 7.18. The zero-order valence-electron chi connectivity index (χ0n) is 18.0. The largest absolute Gasteiger partial charge is 0.467 e. The van der Waals surface area contributed by atoms with E-state index >= 15 is 0 Å². The fourth-order valence-electron chi connectivity index (χ4n) is 5.16.